The summed E-state index contributed by atoms with van der Waals surface area (Å²) in [5.74, 6) is 0. The molecule has 26 heavy (non-hydrogen) atoms. The van der Waals surface area contributed by atoms with Gasteiger partial charge in [-0.1, -0.05) is 37.8 Å². The summed E-state index contributed by atoms with van der Waals surface area (Å²) in [4.78, 5) is 4.55. The Morgan fingerprint density at radius 3 is 2.69 bits per heavy atom. The second-order valence-corrected chi connectivity index (χ2v) is 13.8. The van der Waals surface area contributed by atoms with E-state index in [0.717, 1.165) is 39.4 Å². The molecule has 3 aromatic rings. The van der Waals surface area contributed by atoms with Crippen molar-refractivity contribution in [1.29, 1.82) is 5.26 Å². The summed E-state index contributed by atoms with van der Waals surface area (Å²) in [7, 11) is -1.12. The van der Waals surface area contributed by atoms with E-state index in [4.69, 9.17) is 4.74 Å². The van der Waals surface area contributed by atoms with E-state index in [1.807, 2.05) is 41.0 Å². The predicted octanol–water partition coefficient (Wildman–Crippen LogP) is 5.65. The van der Waals surface area contributed by atoms with Crippen molar-refractivity contribution in [2.45, 2.75) is 32.4 Å². The Bertz CT molecular complexity index is 969. The smallest absolute Gasteiger partial charge is 0.143 e. The van der Waals surface area contributed by atoms with E-state index >= 15 is 0 Å². The van der Waals surface area contributed by atoms with Crippen LogP contribution in [0.3, 0.4) is 0 Å². The van der Waals surface area contributed by atoms with Gasteiger partial charge in [0.2, 0.25) is 0 Å². The molecule has 0 amide bonds. The van der Waals surface area contributed by atoms with Crippen molar-refractivity contribution in [3.63, 3.8) is 0 Å². The van der Waals surface area contributed by atoms with E-state index in [1.165, 1.54) is 0 Å². The van der Waals surface area contributed by atoms with Crippen LogP contribution >= 0.6 is 15.9 Å². The van der Waals surface area contributed by atoms with Gasteiger partial charge in [-0.05, 0) is 40.2 Å². The highest BCUT2D eigenvalue weighted by atomic mass is 79.9. The molecule has 0 aliphatic heterocycles. The third-order valence-electron chi connectivity index (χ3n) is 4.29. The lowest BCUT2D eigenvalue weighted by Crippen LogP contribution is -2.22. The molecule has 0 saturated carbocycles. The molecule has 3 rings (SSSR count). The lowest BCUT2D eigenvalue weighted by Gasteiger charge is -2.16. The van der Waals surface area contributed by atoms with Gasteiger partial charge < -0.3 is 4.74 Å². The van der Waals surface area contributed by atoms with Crippen LogP contribution in [0, 0.1) is 11.3 Å². The van der Waals surface area contributed by atoms with E-state index in [9.17, 15) is 5.26 Å². The van der Waals surface area contributed by atoms with Crippen molar-refractivity contribution in [3.8, 4) is 17.2 Å². The fourth-order valence-electron chi connectivity index (χ4n) is 2.85. The standard InChI is InChI=1S/C20H22BrN3OSi/c1-26(2,3)12-11-25-14-24-19(21)18(17-9-6-10-23-20(17)24)16-8-5-4-7-15(16)13-22/h4-10H,11-12,14H2,1-3H3. The first-order valence-electron chi connectivity index (χ1n) is 8.62. The van der Waals surface area contributed by atoms with Crippen molar-refractivity contribution < 1.29 is 4.74 Å². The molecule has 6 heteroatoms. The van der Waals surface area contributed by atoms with Crippen LogP contribution in [0.1, 0.15) is 5.56 Å². The minimum Gasteiger partial charge on any atom is -0.361 e. The van der Waals surface area contributed by atoms with Crippen molar-refractivity contribution in [2.75, 3.05) is 6.61 Å². The molecule has 1 aromatic carbocycles. The molecule has 4 nitrogen and oxygen atoms in total. The number of benzene rings is 1. The zero-order chi connectivity index (χ0) is 18.7. The van der Waals surface area contributed by atoms with Crippen LogP contribution < -0.4 is 0 Å². The molecule has 0 bridgehead atoms. The number of nitriles is 1. The highest BCUT2D eigenvalue weighted by Crippen LogP contribution is 2.38. The summed E-state index contributed by atoms with van der Waals surface area (Å²) in [5, 5.41) is 10.5. The van der Waals surface area contributed by atoms with Gasteiger partial charge >= 0.3 is 0 Å². The first-order chi connectivity index (χ1) is 12.4. The first kappa shape index (κ1) is 18.8. The molecule has 0 N–H and O–H groups in total. The second-order valence-electron chi connectivity index (χ2n) is 7.47. The average molecular weight is 428 g/mol. The molecule has 2 heterocycles. The third kappa shape index (κ3) is 3.90. The Kier molecular flexibility index (Phi) is 5.61. The van der Waals surface area contributed by atoms with Gasteiger partial charge in [-0.3, -0.25) is 4.57 Å². The Labute approximate surface area is 163 Å². The van der Waals surface area contributed by atoms with E-state index in [0.29, 0.717) is 12.3 Å². The van der Waals surface area contributed by atoms with Crippen LogP contribution in [-0.4, -0.2) is 24.2 Å². The van der Waals surface area contributed by atoms with Crippen molar-refractivity contribution in [2.24, 2.45) is 0 Å². The molecular formula is C20H22BrN3OSi. The van der Waals surface area contributed by atoms with Gasteiger partial charge in [0.15, 0.2) is 0 Å². The molecule has 0 aliphatic rings. The van der Waals surface area contributed by atoms with Crippen LogP contribution in [-0.2, 0) is 11.5 Å². The number of halogens is 1. The van der Waals surface area contributed by atoms with Gasteiger partial charge in [-0.15, -0.1) is 0 Å². The van der Waals surface area contributed by atoms with Crippen molar-refractivity contribution >= 4 is 35.0 Å². The van der Waals surface area contributed by atoms with Gasteiger partial charge in [-0.2, -0.15) is 5.26 Å². The topological polar surface area (TPSA) is 50.8 Å². The number of hydrogen-bond donors (Lipinski definition) is 0. The largest absolute Gasteiger partial charge is 0.361 e. The molecule has 134 valence electrons. The van der Waals surface area contributed by atoms with E-state index in [2.05, 4.69) is 46.6 Å². The zero-order valence-electron chi connectivity index (χ0n) is 15.3. The quantitative estimate of drug-likeness (QED) is 0.377. The summed E-state index contributed by atoms with van der Waals surface area (Å²) in [6.45, 7) is 8.22. The SMILES string of the molecule is C[Si](C)(C)CCOCn1c(Br)c(-c2ccccc2C#N)c2cccnc21. The maximum atomic E-state index is 9.49. The van der Waals surface area contributed by atoms with Crippen LogP contribution in [0.25, 0.3) is 22.2 Å². The maximum Gasteiger partial charge on any atom is 0.143 e. The summed E-state index contributed by atoms with van der Waals surface area (Å²) < 4.78 is 8.87. The number of nitrogens with zero attached hydrogens (tertiary/aromatic N) is 3. The number of ether oxygens (including phenoxy) is 1. The predicted molar refractivity (Wildman–Crippen MR) is 112 cm³/mol. The molecule has 0 saturated heterocycles. The fourth-order valence-corrected chi connectivity index (χ4v) is 4.31. The molecule has 0 spiro atoms. The van der Waals surface area contributed by atoms with Crippen LogP contribution in [0.2, 0.25) is 25.7 Å². The normalized spacial score (nSPS) is 11.7. The lowest BCUT2D eigenvalue weighted by molar-refractivity contribution is 0.0886. The molecule has 0 fully saturated rings. The third-order valence-corrected chi connectivity index (χ3v) is 6.82. The van der Waals surface area contributed by atoms with Crippen LogP contribution in [0.5, 0.6) is 0 Å². The first-order valence-corrected chi connectivity index (χ1v) is 13.1. The molecule has 0 radical (unpaired) electrons. The molecule has 0 unspecified atom stereocenters. The zero-order valence-corrected chi connectivity index (χ0v) is 17.9. The number of fused-ring (bicyclic) bond motifs is 1. The second kappa shape index (κ2) is 7.75. The van der Waals surface area contributed by atoms with Crippen molar-refractivity contribution in [3.05, 3.63) is 52.8 Å². The fraction of sp³-hybridized carbons (Fsp3) is 0.300. The highest BCUT2D eigenvalue weighted by molar-refractivity contribution is 9.10. The Balaban J connectivity index is 2.01. The number of aromatic nitrogens is 2. The Morgan fingerprint density at radius 1 is 1.19 bits per heavy atom. The lowest BCUT2D eigenvalue weighted by atomic mass is 10.0. The summed E-state index contributed by atoms with van der Waals surface area (Å²) in [5.41, 5.74) is 3.39. The summed E-state index contributed by atoms with van der Waals surface area (Å²) in [6, 6.07) is 15.0. The van der Waals surface area contributed by atoms with Gasteiger partial charge in [0.05, 0.1) is 16.2 Å². The van der Waals surface area contributed by atoms with Crippen LogP contribution in [0.4, 0.5) is 0 Å². The number of pyridine rings is 1. The van der Waals surface area contributed by atoms with Gasteiger partial charge in [0.1, 0.15) is 12.4 Å². The minimum atomic E-state index is -1.12. The van der Waals surface area contributed by atoms with Gasteiger partial charge in [0, 0.05) is 37.4 Å². The van der Waals surface area contributed by atoms with E-state index in [-0.39, 0.29) is 0 Å². The van der Waals surface area contributed by atoms with E-state index < -0.39 is 8.07 Å². The monoisotopic (exact) mass is 427 g/mol. The molecule has 0 aliphatic carbocycles. The van der Waals surface area contributed by atoms with Crippen LogP contribution in [0.15, 0.2) is 47.2 Å². The summed E-state index contributed by atoms with van der Waals surface area (Å²) in [6.07, 6.45) is 1.79. The molecule has 0 atom stereocenters. The summed E-state index contributed by atoms with van der Waals surface area (Å²) >= 11 is 3.73. The van der Waals surface area contributed by atoms with E-state index in [1.54, 1.807) is 6.20 Å². The molecule has 2 aromatic heterocycles. The van der Waals surface area contributed by atoms with Gasteiger partial charge in [-0.25, -0.2) is 4.98 Å². The number of hydrogen-bond acceptors (Lipinski definition) is 3. The number of rotatable bonds is 6. The van der Waals surface area contributed by atoms with Gasteiger partial charge in [0.25, 0.3) is 0 Å². The minimum absolute atomic E-state index is 0.438. The molecular weight excluding hydrogens is 406 g/mol. The maximum absolute atomic E-state index is 9.49. The Morgan fingerprint density at radius 2 is 1.96 bits per heavy atom. The highest BCUT2D eigenvalue weighted by Gasteiger charge is 2.20. The Hall–Kier alpha value is -1.94. The average Bonchev–Trinajstić information content (AvgIpc) is 2.89. The van der Waals surface area contributed by atoms with Crippen molar-refractivity contribution in [1.82, 2.24) is 9.55 Å².